The van der Waals surface area contributed by atoms with Gasteiger partial charge in [-0.1, -0.05) is 49.9 Å². The lowest BCUT2D eigenvalue weighted by molar-refractivity contribution is -0.113. The van der Waals surface area contributed by atoms with E-state index in [1.54, 1.807) is 0 Å². The average molecular weight is 428 g/mol. The van der Waals surface area contributed by atoms with Gasteiger partial charge in [0.2, 0.25) is 5.95 Å². The average Bonchev–Trinajstić information content (AvgIpc) is 3.21. The van der Waals surface area contributed by atoms with Gasteiger partial charge in [0.1, 0.15) is 0 Å². The minimum atomic E-state index is -4.10. The highest BCUT2D eigenvalue weighted by atomic mass is 35.5. The van der Waals surface area contributed by atoms with E-state index in [1.807, 2.05) is 6.07 Å². The number of fused-ring (bicyclic) bond motifs is 1. The third-order valence-electron chi connectivity index (χ3n) is 5.02. The molecule has 0 saturated heterocycles. The van der Waals surface area contributed by atoms with E-state index in [1.165, 1.54) is 11.1 Å². The van der Waals surface area contributed by atoms with Crippen LogP contribution >= 0.6 is 11.6 Å². The molecule has 1 aromatic heterocycles. The van der Waals surface area contributed by atoms with Gasteiger partial charge < -0.3 is 14.8 Å². The summed E-state index contributed by atoms with van der Waals surface area (Å²) in [5, 5.41) is 4.19. The molecule has 2 aromatic rings. The van der Waals surface area contributed by atoms with E-state index >= 15 is 0 Å². The molecule has 1 saturated carbocycles. The van der Waals surface area contributed by atoms with Crippen LogP contribution in [0.5, 0.6) is 0 Å². The van der Waals surface area contributed by atoms with Crippen molar-refractivity contribution in [3.63, 3.8) is 0 Å². The van der Waals surface area contributed by atoms with Gasteiger partial charge in [-0.25, -0.2) is 4.98 Å². The zero-order valence-corrected chi connectivity index (χ0v) is 17.8. The number of aryl methyl sites for hydroxylation is 3. The van der Waals surface area contributed by atoms with E-state index in [4.69, 9.17) is 16.6 Å². The van der Waals surface area contributed by atoms with E-state index < -0.39 is 12.7 Å². The fourth-order valence-electron chi connectivity index (χ4n) is 3.45. The lowest BCUT2D eigenvalue weighted by Crippen LogP contribution is -2.16. The van der Waals surface area contributed by atoms with Gasteiger partial charge in [-0.2, -0.15) is 13.2 Å². The molecule has 1 aromatic carbocycles. The molecule has 0 N–H and O–H groups in total. The van der Waals surface area contributed by atoms with E-state index in [-0.39, 0.29) is 0 Å². The molecule has 0 radical (unpaired) electrons. The van der Waals surface area contributed by atoms with Crippen molar-refractivity contribution >= 4 is 23.2 Å². The Bertz CT molecular complexity index is 820. The number of hydrogen-bond donors (Lipinski definition) is 0. The molecule has 1 aliphatic carbocycles. The number of halogens is 4. The highest BCUT2D eigenvalue weighted by Crippen LogP contribution is 2.37. The Balaban J connectivity index is 0.000000204. The first-order valence-electron chi connectivity index (χ1n) is 9.98. The van der Waals surface area contributed by atoms with Gasteiger partial charge in [0.05, 0.1) is 16.4 Å². The van der Waals surface area contributed by atoms with Crippen LogP contribution in [-0.4, -0.2) is 35.4 Å². The minimum absolute atomic E-state index is 0.402. The van der Waals surface area contributed by atoms with Crippen LogP contribution in [0, 0.1) is 19.8 Å². The lowest BCUT2D eigenvalue weighted by Gasteiger charge is -2.20. The van der Waals surface area contributed by atoms with Gasteiger partial charge in [-0.15, -0.1) is 6.54 Å². The van der Waals surface area contributed by atoms with Gasteiger partial charge in [0, 0.05) is 19.3 Å². The quantitative estimate of drug-likeness (QED) is 0.569. The largest absolute Gasteiger partial charge is 0.655 e. The molecule has 2 heterocycles. The van der Waals surface area contributed by atoms with Crippen LogP contribution in [-0.2, 0) is 13.0 Å². The van der Waals surface area contributed by atoms with Crippen molar-refractivity contribution in [3.8, 4) is 0 Å². The number of anilines is 2. The topological polar surface area (TPSA) is 35.2 Å². The normalized spacial score (nSPS) is 15.9. The predicted molar refractivity (Wildman–Crippen MR) is 111 cm³/mol. The summed E-state index contributed by atoms with van der Waals surface area (Å²) in [6.07, 6.45) is 1.12. The molecular formula is C21H27ClF3N4-. The van der Waals surface area contributed by atoms with E-state index in [0.717, 1.165) is 54.7 Å². The Labute approximate surface area is 175 Å². The molecule has 1 aliphatic heterocycles. The molecule has 4 rings (SSSR count). The van der Waals surface area contributed by atoms with E-state index in [2.05, 4.69) is 47.8 Å². The van der Waals surface area contributed by atoms with Crippen molar-refractivity contribution < 1.29 is 13.2 Å². The maximum atomic E-state index is 11.4. The van der Waals surface area contributed by atoms with Crippen LogP contribution < -0.4 is 4.90 Å². The van der Waals surface area contributed by atoms with Crippen LogP contribution in [0.1, 0.15) is 36.6 Å². The van der Waals surface area contributed by atoms with Crippen molar-refractivity contribution in [2.24, 2.45) is 5.92 Å². The zero-order chi connectivity index (χ0) is 21.2. The summed E-state index contributed by atoms with van der Waals surface area (Å²) in [4.78, 5) is 6.93. The first-order chi connectivity index (χ1) is 13.7. The Morgan fingerprint density at radius 2 is 1.93 bits per heavy atom. The summed E-state index contributed by atoms with van der Waals surface area (Å²) >= 11 is 6.44. The van der Waals surface area contributed by atoms with Crippen LogP contribution in [0.25, 0.3) is 5.32 Å². The van der Waals surface area contributed by atoms with Crippen molar-refractivity contribution in [2.45, 2.75) is 52.8 Å². The number of imidazole rings is 1. The summed E-state index contributed by atoms with van der Waals surface area (Å²) in [6, 6.07) is 4.20. The number of nitrogens with zero attached hydrogens (tertiary/aromatic N) is 4. The maximum Gasteiger partial charge on any atom is 0.371 e. The molecule has 0 amide bonds. The SMILES string of the molecule is CCc1cn2c(n1)N(c1c(C)cc(C)cc1Cl)CC2.FC(F)(F)C[N-]CC1CC1. The summed E-state index contributed by atoms with van der Waals surface area (Å²) in [5.74, 6) is 1.48. The van der Waals surface area contributed by atoms with Crippen molar-refractivity contribution in [1.29, 1.82) is 0 Å². The maximum absolute atomic E-state index is 11.4. The molecule has 8 heteroatoms. The highest BCUT2D eigenvalue weighted by molar-refractivity contribution is 6.33. The molecule has 0 spiro atoms. The Hall–Kier alpha value is -1.73. The van der Waals surface area contributed by atoms with E-state index in [9.17, 15) is 13.2 Å². The Kier molecular flexibility index (Phi) is 6.79. The Morgan fingerprint density at radius 1 is 1.21 bits per heavy atom. The number of alkyl halides is 3. The van der Waals surface area contributed by atoms with Crippen molar-refractivity contribution in [2.75, 3.05) is 24.5 Å². The van der Waals surface area contributed by atoms with Gasteiger partial charge in [-0.3, -0.25) is 0 Å². The monoisotopic (exact) mass is 427 g/mol. The molecule has 0 bridgehead atoms. The third-order valence-corrected chi connectivity index (χ3v) is 5.31. The van der Waals surface area contributed by atoms with Crippen LogP contribution in [0.4, 0.5) is 24.8 Å². The Morgan fingerprint density at radius 3 is 2.52 bits per heavy atom. The molecule has 4 nitrogen and oxygen atoms in total. The van der Waals surface area contributed by atoms with Gasteiger partial charge in [-0.05, 0) is 37.5 Å². The number of hydrogen-bond acceptors (Lipinski definition) is 2. The second-order valence-corrected chi connectivity index (χ2v) is 8.17. The highest BCUT2D eigenvalue weighted by Gasteiger charge is 2.26. The fraction of sp³-hybridized carbons (Fsp3) is 0.571. The van der Waals surface area contributed by atoms with E-state index in [0.29, 0.717) is 12.5 Å². The lowest BCUT2D eigenvalue weighted by atomic mass is 10.1. The zero-order valence-electron chi connectivity index (χ0n) is 17.1. The fourth-order valence-corrected chi connectivity index (χ4v) is 3.88. The van der Waals surface area contributed by atoms with Crippen molar-refractivity contribution in [3.05, 3.63) is 45.5 Å². The molecule has 160 valence electrons. The molecule has 0 atom stereocenters. The number of benzene rings is 1. The first kappa shape index (κ1) is 22.0. The van der Waals surface area contributed by atoms with Crippen LogP contribution in [0.3, 0.4) is 0 Å². The molecule has 1 fully saturated rings. The second kappa shape index (κ2) is 8.96. The number of rotatable bonds is 5. The second-order valence-electron chi connectivity index (χ2n) is 7.77. The van der Waals surface area contributed by atoms with Gasteiger partial charge in [0.15, 0.2) is 0 Å². The first-order valence-corrected chi connectivity index (χ1v) is 10.4. The smallest absolute Gasteiger partial charge is 0.371 e. The van der Waals surface area contributed by atoms with Gasteiger partial charge >= 0.3 is 6.18 Å². The summed E-state index contributed by atoms with van der Waals surface area (Å²) in [5.41, 5.74) is 4.64. The van der Waals surface area contributed by atoms with Crippen LogP contribution in [0.2, 0.25) is 5.02 Å². The summed E-state index contributed by atoms with van der Waals surface area (Å²) < 4.78 is 36.5. The summed E-state index contributed by atoms with van der Waals surface area (Å²) in [7, 11) is 0. The molecule has 2 aliphatic rings. The third kappa shape index (κ3) is 5.89. The molecular weight excluding hydrogens is 401 g/mol. The minimum Gasteiger partial charge on any atom is -0.655 e. The van der Waals surface area contributed by atoms with Crippen LogP contribution in [0.15, 0.2) is 18.3 Å². The standard InChI is InChI=1S/C15H18ClN3.C6H9F3N/c1-4-12-9-18-5-6-19(15(18)17-12)14-11(3)7-10(2)8-13(14)16;7-6(8,9)4-10-3-5-1-2-5/h7-9H,4-6H2,1-3H3;5H,1-4H2/q;-1. The summed E-state index contributed by atoms with van der Waals surface area (Å²) in [6.45, 7) is 7.67. The number of aromatic nitrogens is 2. The predicted octanol–water partition coefficient (Wildman–Crippen LogP) is 6.20. The molecule has 0 unspecified atom stereocenters. The van der Waals surface area contributed by atoms with Gasteiger partial charge in [0.25, 0.3) is 0 Å². The molecule has 29 heavy (non-hydrogen) atoms. The van der Waals surface area contributed by atoms with Crippen molar-refractivity contribution in [1.82, 2.24) is 9.55 Å².